The second kappa shape index (κ2) is 28.3. The second-order valence-electron chi connectivity index (χ2n) is 24.0. The molecule has 0 radical (unpaired) electrons. The zero-order valence-corrected chi connectivity index (χ0v) is 50.2. The van der Waals surface area contributed by atoms with Crippen LogP contribution in [0.5, 0.6) is 5.75 Å². The summed E-state index contributed by atoms with van der Waals surface area (Å²) in [7, 11) is 4.47. The van der Waals surface area contributed by atoms with E-state index in [9.17, 15) is 59.1 Å². The molecule has 0 aromatic heterocycles. The first-order chi connectivity index (χ1) is 41.0. The molecule has 4 aliphatic heterocycles. The van der Waals surface area contributed by atoms with Gasteiger partial charge in [-0.1, -0.05) is 58.0 Å². The fourth-order valence-corrected chi connectivity index (χ4v) is 13.1. The lowest BCUT2D eigenvalue weighted by Gasteiger charge is -2.47. The van der Waals surface area contributed by atoms with Gasteiger partial charge >= 0.3 is 18.0 Å². The van der Waals surface area contributed by atoms with E-state index in [1.807, 2.05) is 19.9 Å². The monoisotopic (exact) mass is 1190 g/mol. The van der Waals surface area contributed by atoms with Gasteiger partial charge in [0.05, 0.1) is 54.8 Å². The highest BCUT2D eigenvalue weighted by molar-refractivity contribution is 6.39. The van der Waals surface area contributed by atoms with Gasteiger partial charge in [0.1, 0.15) is 35.3 Å². The Balaban J connectivity index is 1.09. The molecule has 14 atom stereocenters. The summed E-state index contributed by atoms with van der Waals surface area (Å²) in [6.07, 6.45) is -0.468. The van der Waals surface area contributed by atoms with Crippen molar-refractivity contribution in [1.29, 1.82) is 0 Å². The number of carboxylic acid groups (broad SMARTS) is 1. The molecule has 0 spiro atoms. The van der Waals surface area contributed by atoms with Crippen LogP contribution in [-0.4, -0.2) is 155 Å². The first-order valence-electron chi connectivity index (χ1n) is 29.8. The third-order valence-corrected chi connectivity index (χ3v) is 17.9. The number of rotatable bonds is 12. The van der Waals surface area contributed by atoms with Crippen LogP contribution in [0.25, 0.3) is 33.4 Å². The summed E-state index contributed by atoms with van der Waals surface area (Å²) in [6.45, 7) is 8.18. The van der Waals surface area contributed by atoms with Gasteiger partial charge in [-0.05, 0) is 130 Å². The molecule has 2 aromatic rings. The third kappa shape index (κ3) is 14.4. The average molecular weight is 1200 g/mol. The number of esters is 1. The van der Waals surface area contributed by atoms with Crippen LogP contribution in [0.4, 0.5) is 4.79 Å². The second-order valence-corrected chi connectivity index (χ2v) is 24.0. The zero-order chi connectivity index (χ0) is 62.3. The molecule has 6 N–H and O–H groups in total. The maximum Gasteiger partial charge on any atom is 0.407 e. The number of allylic oxidation sites excluding steroid dienone is 2. The Labute approximate surface area is 499 Å². The summed E-state index contributed by atoms with van der Waals surface area (Å²) in [5.41, 5.74) is 1.72. The molecular weight excluding hydrogens is 1110 g/mol. The van der Waals surface area contributed by atoms with E-state index in [-0.39, 0.29) is 95.9 Å². The van der Waals surface area contributed by atoms with Crippen molar-refractivity contribution >= 4 is 46.5 Å². The lowest BCUT2D eigenvalue weighted by atomic mass is 9.81. The summed E-state index contributed by atoms with van der Waals surface area (Å²) in [4.78, 5) is 98.2. The number of nitrogens with zero attached hydrogens (tertiary/aromatic N) is 1. The number of cyclic esters (lactones) is 1. The van der Waals surface area contributed by atoms with Crippen LogP contribution < -0.4 is 10.7 Å². The van der Waals surface area contributed by atoms with Crippen LogP contribution >= 0.6 is 0 Å². The number of carbonyl (C=O) groups is 6. The number of aliphatic hydroxyl groups is 3. The number of benzene rings is 3. The minimum Gasteiger partial charge on any atom is -0.507 e. The lowest BCUT2D eigenvalue weighted by Crippen LogP contribution is -2.64. The van der Waals surface area contributed by atoms with Gasteiger partial charge in [0.2, 0.25) is 5.79 Å². The number of carboxylic acids is 1. The Morgan fingerprint density at radius 2 is 1.56 bits per heavy atom. The van der Waals surface area contributed by atoms with Crippen LogP contribution in [0.3, 0.4) is 0 Å². The van der Waals surface area contributed by atoms with Gasteiger partial charge in [-0.25, -0.2) is 14.4 Å². The van der Waals surface area contributed by atoms with Gasteiger partial charge < -0.3 is 68.6 Å². The number of ketones is 2. The number of ether oxygens (including phenoxy) is 6. The molecule has 21 nitrogen and oxygen atoms in total. The maximum absolute atomic E-state index is 14.7. The summed E-state index contributed by atoms with van der Waals surface area (Å²) in [5.74, 6) is -10.1. The smallest absolute Gasteiger partial charge is 0.407 e. The minimum absolute atomic E-state index is 0.00557. The van der Waals surface area contributed by atoms with Gasteiger partial charge in [-0.2, -0.15) is 0 Å². The Bertz CT molecular complexity index is 3220. The van der Waals surface area contributed by atoms with Crippen molar-refractivity contribution in [3.63, 3.8) is 0 Å². The van der Waals surface area contributed by atoms with E-state index in [4.69, 9.17) is 32.8 Å². The van der Waals surface area contributed by atoms with Crippen molar-refractivity contribution < 1.29 is 87.1 Å². The number of amides is 2. The minimum atomic E-state index is -2.62. The Kier molecular flexibility index (Phi) is 21.5. The summed E-state index contributed by atoms with van der Waals surface area (Å²) in [6, 6.07) is 12.1. The molecule has 3 fully saturated rings. The zero-order valence-electron chi connectivity index (χ0n) is 50.2. The van der Waals surface area contributed by atoms with Crippen molar-refractivity contribution in [2.45, 2.75) is 166 Å². The van der Waals surface area contributed by atoms with E-state index in [1.54, 1.807) is 51.1 Å². The van der Waals surface area contributed by atoms with Gasteiger partial charge in [-0.15, -0.1) is 0 Å². The number of Topliss-reactive ketones (excluding diaryl/α,β-unsaturated/α-hetero) is 2. The number of phenolic OH excluding ortho intramolecular Hbond substituents is 1. The molecule has 1 saturated carbocycles. The normalized spacial score (nSPS) is 30.5. The fraction of sp³-hybridized carbons (Fsp3) is 0.554. The number of aromatic carboxylic acids is 1. The van der Waals surface area contributed by atoms with Gasteiger partial charge in [0, 0.05) is 75.1 Å². The highest BCUT2D eigenvalue weighted by Crippen LogP contribution is 2.44. The lowest BCUT2D eigenvalue weighted by molar-refractivity contribution is -0.302. The molecule has 2 saturated heterocycles. The number of hydrogen-bond donors (Lipinski definition) is 6. The van der Waals surface area contributed by atoms with E-state index in [2.05, 4.69) is 5.32 Å². The largest absolute Gasteiger partial charge is 0.507 e. The van der Waals surface area contributed by atoms with E-state index >= 15 is 0 Å². The molecule has 6 aliphatic rings. The summed E-state index contributed by atoms with van der Waals surface area (Å²) >= 11 is 0. The molecule has 3 unspecified atom stereocenters. The standard InChI is InChI=1S/C65H82N2O19/c1-34-25-35(2)27-54(81-7)59-55(82-8)29-37(4)65(79,86-59)60(73)61(74)67-23-12-11-15-47(67)63(77)85-57(36(3)28-39-16-20-49(70)53(30-39)80-6)38(5)50(71)32-51(72)40(26-34)22-24-83-64(78)66-33-46-48(69)21-19-45-56(42-13-9-10-14-43(42)62(75)76)44-18-17-41(68)31-52(44)84-58(45)46/h9-10,13-14,17-19,21,26,28,31,34-35,37-39,47,49-50,53-55,57,59,69-71,79H,11-12,15-16,20,22-25,27,29-30,32-33H2,1-8H3,(H,66,78)(H,75,76)/t34?,35-,37+,38+,39-,47?,49+,50-,53+,54-,55-,57+,59?,65+/m0/s1. The van der Waals surface area contributed by atoms with Gasteiger partial charge in [-0.3, -0.25) is 19.2 Å². The van der Waals surface area contributed by atoms with E-state index < -0.39 is 108 Å². The predicted molar refractivity (Wildman–Crippen MR) is 314 cm³/mol. The fourth-order valence-electron chi connectivity index (χ4n) is 13.1. The Hall–Kier alpha value is -6.85. The number of aromatic hydroxyl groups is 1. The van der Waals surface area contributed by atoms with Crippen molar-refractivity contribution in [1.82, 2.24) is 10.2 Å². The van der Waals surface area contributed by atoms with E-state index in [0.717, 1.165) is 4.90 Å². The Morgan fingerprint density at radius 1 is 0.837 bits per heavy atom. The molecule has 2 bridgehead atoms. The van der Waals surface area contributed by atoms with Crippen molar-refractivity contribution in [3.05, 3.63) is 99.2 Å². The van der Waals surface area contributed by atoms with Crippen LogP contribution in [0.2, 0.25) is 0 Å². The average Bonchev–Trinajstić information content (AvgIpc) is 0.815. The quantitative estimate of drug-likeness (QED) is 0.0343. The third-order valence-electron chi connectivity index (χ3n) is 17.9. The molecule has 2 aliphatic carbocycles. The van der Waals surface area contributed by atoms with Crippen LogP contribution in [0.15, 0.2) is 87.1 Å². The Morgan fingerprint density at radius 3 is 2.28 bits per heavy atom. The van der Waals surface area contributed by atoms with Crippen molar-refractivity contribution in [2.24, 2.45) is 29.6 Å². The number of hydrogen-bond acceptors (Lipinski definition) is 18. The number of aliphatic hydroxyl groups excluding tert-OH is 2. The molecule has 2 aromatic carbocycles. The molecule has 466 valence electrons. The highest BCUT2D eigenvalue weighted by atomic mass is 16.7. The molecule has 86 heavy (non-hydrogen) atoms. The SMILES string of the molecule is CO[C@H]1C[C@@H](C)CC(C)C=C(CCOC(=O)NCc2c(O)ccc3c(-c4ccccc4C(=O)O)c4ccc(=O)cc-4oc23)C(=O)C[C@H](O)[C@@H](C)[C@@H](C(C)=C[C@@H]2CC[C@@H](O)[C@H](OC)C2)OC(=O)C2CCCCN2C(=O)C(=O)[C@]2(O)OC1[C@@H](OC)C[C@H]2C. The highest BCUT2D eigenvalue weighted by Gasteiger charge is 2.57. The van der Waals surface area contributed by atoms with Crippen LogP contribution in [-0.2, 0) is 54.1 Å². The number of methoxy groups -OCH3 is 3. The summed E-state index contributed by atoms with van der Waals surface area (Å²) in [5, 5.41) is 59.4. The van der Waals surface area contributed by atoms with Crippen molar-refractivity contribution in [3.8, 4) is 28.2 Å². The maximum atomic E-state index is 14.7. The first kappa shape index (κ1) is 65.1. The number of carbonyl (C=O) groups excluding carboxylic acids is 5. The van der Waals surface area contributed by atoms with Crippen molar-refractivity contribution in [2.75, 3.05) is 34.5 Å². The number of alkyl carbamates (subject to hydrolysis) is 1. The molecule has 2 amide bonds. The molecule has 4 heterocycles. The number of nitrogens with one attached hydrogen (secondary N) is 1. The topological polar surface area (TPSA) is 304 Å². The van der Waals surface area contributed by atoms with Crippen LogP contribution in [0.1, 0.15) is 121 Å². The van der Waals surface area contributed by atoms with E-state index in [0.29, 0.717) is 72.6 Å². The van der Waals surface area contributed by atoms with Crippen LogP contribution in [0, 0.1) is 29.6 Å². The first-order valence-corrected chi connectivity index (χ1v) is 29.8. The van der Waals surface area contributed by atoms with E-state index in [1.165, 1.54) is 51.7 Å². The number of phenols is 1. The van der Waals surface area contributed by atoms with Gasteiger partial charge in [0.15, 0.2) is 11.2 Å². The number of piperidine rings is 1. The molecule has 8 rings (SSSR count). The molecular formula is C65H82N2O19. The molecule has 21 heteroatoms. The predicted octanol–water partition coefficient (Wildman–Crippen LogP) is 7.66. The number of fused-ring (bicyclic) bond motifs is 5. The summed E-state index contributed by atoms with van der Waals surface area (Å²) < 4.78 is 42.0. The van der Waals surface area contributed by atoms with Gasteiger partial charge in [0.25, 0.3) is 11.7 Å².